The average molecular weight is 243 g/mol. The van der Waals surface area contributed by atoms with E-state index in [1.54, 1.807) is 0 Å². The molecule has 3 nitrogen and oxygen atoms in total. The van der Waals surface area contributed by atoms with Crippen LogP contribution in [0.2, 0.25) is 0 Å². The molecule has 0 saturated carbocycles. The molecule has 0 aliphatic carbocycles. The maximum atomic E-state index is 5.63. The molecule has 1 heterocycles. The molecule has 0 bridgehead atoms. The van der Waals surface area contributed by atoms with Crippen LogP contribution in [0.4, 0.5) is 0 Å². The molecule has 3 heteroatoms. The third-order valence-electron chi connectivity index (χ3n) is 3.41. The number of nitrogens with two attached hydrogens (primary N) is 1. The molecule has 18 heavy (non-hydrogen) atoms. The Morgan fingerprint density at radius 3 is 2.61 bits per heavy atom. The van der Waals surface area contributed by atoms with Crippen LogP contribution in [-0.2, 0) is 13.5 Å². The van der Waals surface area contributed by atoms with E-state index in [4.69, 9.17) is 5.73 Å². The molecule has 0 aliphatic rings. The van der Waals surface area contributed by atoms with Crippen LogP contribution in [0.15, 0.2) is 18.2 Å². The average Bonchev–Trinajstić information content (AvgIpc) is 2.59. The van der Waals surface area contributed by atoms with Crippen LogP contribution < -0.4 is 5.73 Å². The lowest BCUT2D eigenvalue weighted by Gasteiger charge is -2.09. The Morgan fingerprint density at radius 2 is 1.94 bits per heavy atom. The Bertz CT molecular complexity index is 567. The lowest BCUT2D eigenvalue weighted by Crippen LogP contribution is -2.04. The fourth-order valence-electron chi connectivity index (χ4n) is 2.43. The van der Waals surface area contributed by atoms with Gasteiger partial charge in [0.05, 0.1) is 11.4 Å². The number of hydrogen-bond acceptors (Lipinski definition) is 2. The number of rotatable bonds is 3. The molecule has 0 unspecified atom stereocenters. The molecule has 0 aliphatic heterocycles. The molecule has 2 aromatic rings. The molecule has 1 aromatic heterocycles. The SMILES string of the molecule is Cc1ccc(C)c(-c2c(C)c(CCN)nn2C)c1. The first-order valence-corrected chi connectivity index (χ1v) is 6.34. The van der Waals surface area contributed by atoms with Crippen molar-refractivity contribution in [3.8, 4) is 11.3 Å². The van der Waals surface area contributed by atoms with Crippen LogP contribution in [0.1, 0.15) is 22.4 Å². The molecule has 0 amide bonds. The van der Waals surface area contributed by atoms with Crippen molar-refractivity contribution in [2.75, 3.05) is 6.54 Å². The van der Waals surface area contributed by atoms with Crippen molar-refractivity contribution in [1.29, 1.82) is 0 Å². The molecule has 0 saturated heterocycles. The molecule has 0 atom stereocenters. The molecule has 0 radical (unpaired) electrons. The Kier molecular flexibility index (Phi) is 3.53. The first-order valence-electron chi connectivity index (χ1n) is 6.34. The van der Waals surface area contributed by atoms with Gasteiger partial charge in [-0.05, 0) is 44.5 Å². The van der Waals surface area contributed by atoms with Gasteiger partial charge in [-0.15, -0.1) is 0 Å². The summed E-state index contributed by atoms with van der Waals surface area (Å²) in [5.74, 6) is 0. The number of benzene rings is 1. The van der Waals surface area contributed by atoms with Gasteiger partial charge >= 0.3 is 0 Å². The highest BCUT2D eigenvalue weighted by Crippen LogP contribution is 2.29. The van der Waals surface area contributed by atoms with E-state index >= 15 is 0 Å². The number of aromatic nitrogens is 2. The van der Waals surface area contributed by atoms with Gasteiger partial charge < -0.3 is 5.73 Å². The molecular weight excluding hydrogens is 222 g/mol. The first kappa shape index (κ1) is 12.8. The van der Waals surface area contributed by atoms with Gasteiger partial charge in [-0.2, -0.15) is 5.10 Å². The molecule has 2 N–H and O–H groups in total. The van der Waals surface area contributed by atoms with Crippen LogP contribution >= 0.6 is 0 Å². The smallest absolute Gasteiger partial charge is 0.0713 e. The molecule has 1 aromatic carbocycles. The van der Waals surface area contributed by atoms with E-state index in [1.165, 1.54) is 27.9 Å². The van der Waals surface area contributed by atoms with E-state index in [2.05, 4.69) is 44.1 Å². The summed E-state index contributed by atoms with van der Waals surface area (Å²) in [5, 5.41) is 4.58. The Morgan fingerprint density at radius 1 is 1.22 bits per heavy atom. The van der Waals surface area contributed by atoms with Crippen molar-refractivity contribution in [3.63, 3.8) is 0 Å². The van der Waals surface area contributed by atoms with Crippen LogP contribution in [0.5, 0.6) is 0 Å². The normalized spacial score (nSPS) is 10.9. The highest BCUT2D eigenvalue weighted by Gasteiger charge is 2.15. The lowest BCUT2D eigenvalue weighted by atomic mass is 9.99. The standard InChI is InChI=1S/C15H21N3/c1-10-5-6-11(2)13(9-10)15-12(3)14(7-8-16)17-18(15)4/h5-6,9H,7-8,16H2,1-4H3. The second-order valence-corrected chi connectivity index (χ2v) is 4.90. The lowest BCUT2D eigenvalue weighted by molar-refractivity contribution is 0.745. The zero-order valence-corrected chi connectivity index (χ0v) is 11.6. The van der Waals surface area contributed by atoms with E-state index in [-0.39, 0.29) is 0 Å². The van der Waals surface area contributed by atoms with Crippen molar-refractivity contribution >= 4 is 0 Å². The maximum Gasteiger partial charge on any atom is 0.0713 e. The van der Waals surface area contributed by atoms with Crippen molar-refractivity contribution in [3.05, 3.63) is 40.6 Å². The second kappa shape index (κ2) is 4.94. The molecule has 0 fully saturated rings. The van der Waals surface area contributed by atoms with Crippen LogP contribution in [0.25, 0.3) is 11.3 Å². The maximum absolute atomic E-state index is 5.63. The fraction of sp³-hybridized carbons (Fsp3) is 0.400. The van der Waals surface area contributed by atoms with Crippen molar-refractivity contribution < 1.29 is 0 Å². The summed E-state index contributed by atoms with van der Waals surface area (Å²) >= 11 is 0. The molecular formula is C15H21N3. The highest BCUT2D eigenvalue weighted by atomic mass is 15.3. The molecule has 96 valence electrons. The zero-order valence-electron chi connectivity index (χ0n) is 11.6. The predicted octanol–water partition coefficient (Wildman–Crippen LogP) is 2.51. The quantitative estimate of drug-likeness (QED) is 0.900. The zero-order chi connectivity index (χ0) is 13.3. The van der Waals surface area contributed by atoms with E-state index < -0.39 is 0 Å². The summed E-state index contributed by atoms with van der Waals surface area (Å²) in [6.07, 6.45) is 0.838. The minimum absolute atomic E-state index is 0.643. The Hall–Kier alpha value is -1.61. The van der Waals surface area contributed by atoms with Crippen molar-refractivity contribution in [1.82, 2.24) is 9.78 Å². The highest BCUT2D eigenvalue weighted by molar-refractivity contribution is 5.68. The summed E-state index contributed by atoms with van der Waals surface area (Å²) in [5.41, 5.74) is 13.0. The number of hydrogen-bond donors (Lipinski definition) is 1. The summed E-state index contributed by atoms with van der Waals surface area (Å²) in [7, 11) is 2.00. The molecule has 0 spiro atoms. The summed E-state index contributed by atoms with van der Waals surface area (Å²) in [6, 6.07) is 6.54. The van der Waals surface area contributed by atoms with Gasteiger partial charge in [-0.1, -0.05) is 17.7 Å². The van der Waals surface area contributed by atoms with E-state index in [1.807, 2.05) is 11.7 Å². The van der Waals surface area contributed by atoms with Gasteiger partial charge in [0.2, 0.25) is 0 Å². The molecule has 2 rings (SSSR count). The monoisotopic (exact) mass is 243 g/mol. The van der Waals surface area contributed by atoms with Gasteiger partial charge in [-0.25, -0.2) is 0 Å². The summed E-state index contributed by atoms with van der Waals surface area (Å²) < 4.78 is 1.97. The minimum Gasteiger partial charge on any atom is -0.330 e. The predicted molar refractivity (Wildman–Crippen MR) is 75.6 cm³/mol. The minimum atomic E-state index is 0.643. The van der Waals surface area contributed by atoms with E-state index in [9.17, 15) is 0 Å². The topological polar surface area (TPSA) is 43.8 Å². The number of nitrogens with zero attached hydrogens (tertiary/aromatic N) is 2. The largest absolute Gasteiger partial charge is 0.330 e. The second-order valence-electron chi connectivity index (χ2n) is 4.90. The van der Waals surface area contributed by atoms with Crippen molar-refractivity contribution in [2.45, 2.75) is 27.2 Å². The van der Waals surface area contributed by atoms with Crippen LogP contribution in [-0.4, -0.2) is 16.3 Å². The Balaban J connectivity index is 2.60. The van der Waals surface area contributed by atoms with Gasteiger partial charge in [0.15, 0.2) is 0 Å². The van der Waals surface area contributed by atoms with Crippen LogP contribution in [0, 0.1) is 20.8 Å². The number of aryl methyl sites for hydroxylation is 3. The Labute approximate surface area is 109 Å². The van der Waals surface area contributed by atoms with Crippen molar-refractivity contribution in [2.24, 2.45) is 12.8 Å². The third-order valence-corrected chi connectivity index (χ3v) is 3.41. The van der Waals surface area contributed by atoms with Gasteiger partial charge in [0, 0.05) is 19.0 Å². The van der Waals surface area contributed by atoms with Gasteiger partial charge in [-0.3, -0.25) is 4.68 Å². The fourth-order valence-corrected chi connectivity index (χ4v) is 2.43. The summed E-state index contributed by atoms with van der Waals surface area (Å²) in [4.78, 5) is 0. The first-order chi connectivity index (χ1) is 8.54. The van der Waals surface area contributed by atoms with Gasteiger partial charge in [0.1, 0.15) is 0 Å². The van der Waals surface area contributed by atoms with Crippen LogP contribution in [0.3, 0.4) is 0 Å². The third kappa shape index (κ3) is 2.18. The van der Waals surface area contributed by atoms with E-state index in [0.29, 0.717) is 6.54 Å². The van der Waals surface area contributed by atoms with Gasteiger partial charge in [0.25, 0.3) is 0 Å². The summed E-state index contributed by atoms with van der Waals surface area (Å²) in [6.45, 7) is 7.04. The van der Waals surface area contributed by atoms with E-state index in [0.717, 1.165) is 12.1 Å².